The summed E-state index contributed by atoms with van der Waals surface area (Å²) in [6, 6.07) is 4.05. The van der Waals surface area contributed by atoms with Crippen LogP contribution < -0.4 is 0 Å². The second-order valence-corrected chi connectivity index (χ2v) is 4.85. The third kappa shape index (κ3) is 2.41. The molecule has 4 heterocycles. The second kappa shape index (κ2) is 5.31. The summed E-state index contributed by atoms with van der Waals surface area (Å²) in [7, 11) is 0. The molecular formula is C12H12N10. The van der Waals surface area contributed by atoms with Gasteiger partial charge >= 0.3 is 0 Å². The predicted octanol–water partition coefficient (Wildman–Crippen LogP) is 0.203. The molecule has 0 atom stereocenters. The molecule has 10 heteroatoms. The van der Waals surface area contributed by atoms with Crippen LogP contribution in [0, 0.1) is 0 Å². The maximum Gasteiger partial charge on any atom is 0.224 e. The van der Waals surface area contributed by atoms with Crippen LogP contribution in [0.5, 0.6) is 0 Å². The lowest BCUT2D eigenvalue weighted by molar-refractivity contribution is 0.770. The van der Waals surface area contributed by atoms with Crippen LogP contribution in [0.15, 0.2) is 24.5 Å². The Morgan fingerprint density at radius 1 is 0.955 bits per heavy atom. The molecule has 22 heavy (non-hydrogen) atoms. The van der Waals surface area contributed by atoms with E-state index in [4.69, 9.17) is 0 Å². The molecule has 4 aromatic rings. The van der Waals surface area contributed by atoms with E-state index >= 15 is 0 Å². The zero-order valence-corrected chi connectivity index (χ0v) is 11.5. The number of hydrogen-bond donors (Lipinski definition) is 2. The SMILES string of the molecule is c1cc2nc(-c3nn[nH]n3)cn2cc1CCCc1nn[nH]n1. The van der Waals surface area contributed by atoms with Gasteiger partial charge in [-0.15, -0.1) is 20.4 Å². The van der Waals surface area contributed by atoms with Crippen molar-refractivity contribution in [1.29, 1.82) is 0 Å². The lowest BCUT2D eigenvalue weighted by Gasteiger charge is -2.01. The topological polar surface area (TPSA) is 126 Å². The van der Waals surface area contributed by atoms with Crippen LogP contribution in [0.25, 0.3) is 17.2 Å². The fourth-order valence-electron chi connectivity index (χ4n) is 2.30. The molecule has 4 aromatic heterocycles. The highest BCUT2D eigenvalue weighted by Crippen LogP contribution is 2.15. The van der Waals surface area contributed by atoms with E-state index < -0.39 is 0 Å². The van der Waals surface area contributed by atoms with Crippen molar-refractivity contribution in [2.24, 2.45) is 0 Å². The van der Waals surface area contributed by atoms with Gasteiger partial charge in [0.25, 0.3) is 0 Å². The number of rotatable bonds is 5. The fourth-order valence-corrected chi connectivity index (χ4v) is 2.30. The molecule has 4 rings (SSSR count). The van der Waals surface area contributed by atoms with Crippen LogP contribution >= 0.6 is 0 Å². The van der Waals surface area contributed by atoms with Gasteiger partial charge in [-0.3, -0.25) is 0 Å². The maximum atomic E-state index is 4.46. The molecule has 0 aliphatic heterocycles. The zero-order valence-electron chi connectivity index (χ0n) is 11.5. The van der Waals surface area contributed by atoms with Crippen molar-refractivity contribution in [3.8, 4) is 11.5 Å². The molecule has 0 fully saturated rings. The number of nitrogens with one attached hydrogen (secondary N) is 2. The first-order chi connectivity index (χ1) is 10.9. The predicted molar refractivity (Wildman–Crippen MR) is 74.6 cm³/mol. The average molecular weight is 296 g/mol. The number of fused-ring (bicyclic) bond motifs is 1. The van der Waals surface area contributed by atoms with Gasteiger partial charge < -0.3 is 4.40 Å². The van der Waals surface area contributed by atoms with E-state index in [1.54, 1.807) is 0 Å². The number of H-pyrrole nitrogens is 2. The molecule has 0 aliphatic carbocycles. The van der Waals surface area contributed by atoms with Crippen LogP contribution in [0.2, 0.25) is 0 Å². The van der Waals surface area contributed by atoms with Crippen molar-refractivity contribution < 1.29 is 0 Å². The van der Waals surface area contributed by atoms with E-state index in [0.717, 1.165) is 30.7 Å². The van der Waals surface area contributed by atoms with Crippen molar-refractivity contribution in [2.75, 3.05) is 0 Å². The molecule has 110 valence electrons. The van der Waals surface area contributed by atoms with Gasteiger partial charge in [-0.25, -0.2) is 4.98 Å². The van der Waals surface area contributed by atoms with Crippen molar-refractivity contribution in [1.82, 2.24) is 50.6 Å². The van der Waals surface area contributed by atoms with Gasteiger partial charge in [0.1, 0.15) is 11.3 Å². The summed E-state index contributed by atoms with van der Waals surface area (Å²) in [5.41, 5.74) is 2.76. The zero-order chi connectivity index (χ0) is 14.8. The Kier molecular flexibility index (Phi) is 3.03. The Labute approximate surface area is 124 Å². The molecule has 10 nitrogen and oxygen atoms in total. The molecule has 0 saturated heterocycles. The summed E-state index contributed by atoms with van der Waals surface area (Å²) in [4.78, 5) is 4.46. The standard InChI is InChI=1S/C12H12N10/c1(3-10-14-18-19-15-10)2-8-4-5-11-13-9(7-22(11)6-8)12-16-20-21-17-12/h4-7H,1-3H2,(H,14,15,18,19)(H,16,17,20,21). The lowest BCUT2D eigenvalue weighted by atomic mass is 10.1. The number of pyridine rings is 1. The van der Waals surface area contributed by atoms with Crippen molar-refractivity contribution >= 4 is 5.65 Å². The summed E-state index contributed by atoms with van der Waals surface area (Å²) < 4.78 is 1.97. The van der Waals surface area contributed by atoms with E-state index in [0.29, 0.717) is 11.5 Å². The molecule has 0 aromatic carbocycles. The molecule has 0 unspecified atom stereocenters. The van der Waals surface area contributed by atoms with Crippen molar-refractivity contribution in [3.05, 3.63) is 35.9 Å². The Morgan fingerprint density at radius 3 is 2.68 bits per heavy atom. The summed E-state index contributed by atoms with van der Waals surface area (Å²) in [5, 5.41) is 27.7. The van der Waals surface area contributed by atoms with Gasteiger partial charge in [0.15, 0.2) is 5.82 Å². The van der Waals surface area contributed by atoms with Gasteiger partial charge in [0, 0.05) is 18.8 Å². The third-order valence-electron chi connectivity index (χ3n) is 3.34. The normalized spacial score (nSPS) is 11.3. The first-order valence-corrected chi connectivity index (χ1v) is 6.82. The minimum atomic E-state index is 0.488. The highest BCUT2D eigenvalue weighted by Gasteiger charge is 2.08. The van der Waals surface area contributed by atoms with Gasteiger partial charge in [-0.05, 0) is 29.7 Å². The molecule has 0 radical (unpaired) electrons. The third-order valence-corrected chi connectivity index (χ3v) is 3.34. The van der Waals surface area contributed by atoms with E-state index in [-0.39, 0.29) is 0 Å². The van der Waals surface area contributed by atoms with E-state index in [1.165, 1.54) is 5.56 Å². The maximum absolute atomic E-state index is 4.46. The quantitative estimate of drug-likeness (QED) is 0.538. The van der Waals surface area contributed by atoms with Gasteiger partial charge in [-0.1, -0.05) is 11.3 Å². The van der Waals surface area contributed by atoms with Gasteiger partial charge in [0.2, 0.25) is 5.82 Å². The van der Waals surface area contributed by atoms with Crippen LogP contribution in [0.1, 0.15) is 17.8 Å². The van der Waals surface area contributed by atoms with Crippen molar-refractivity contribution in [2.45, 2.75) is 19.3 Å². The smallest absolute Gasteiger partial charge is 0.224 e. The lowest BCUT2D eigenvalue weighted by Crippen LogP contribution is -1.94. The van der Waals surface area contributed by atoms with E-state index in [9.17, 15) is 0 Å². The van der Waals surface area contributed by atoms with Crippen molar-refractivity contribution in [3.63, 3.8) is 0 Å². The summed E-state index contributed by atoms with van der Waals surface area (Å²) in [6.07, 6.45) is 6.63. The largest absolute Gasteiger partial charge is 0.306 e. The van der Waals surface area contributed by atoms with Gasteiger partial charge in [-0.2, -0.15) is 10.4 Å². The number of hydrogen-bond acceptors (Lipinski definition) is 7. The molecule has 2 N–H and O–H groups in total. The molecule has 0 bridgehead atoms. The number of aromatic amines is 2. The van der Waals surface area contributed by atoms with Crippen LogP contribution in [-0.2, 0) is 12.8 Å². The van der Waals surface area contributed by atoms with E-state index in [1.807, 2.05) is 16.7 Å². The first-order valence-electron chi connectivity index (χ1n) is 6.82. The monoisotopic (exact) mass is 296 g/mol. The molecule has 0 spiro atoms. The average Bonchev–Trinajstić information content (AvgIpc) is 3.27. The Hall–Kier alpha value is -3.17. The highest BCUT2D eigenvalue weighted by molar-refractivity contribution is 5.55. The Bertz CT molecular complexity index is 861. The summed E-state index contributed by atoms with van der Waals surface area (Å²) in [6.45, 7) is 0. The molecule has 0 aliphatic rings. The fraction of sp³-hybridized carbons (Fsp3) is 0.250. The number of imidazole rings is 1. The number of aryl methyl sites for hydroxylation is 2. The van der Waals surface area contributed by atoms with Crippen LogP contribution in [-0.4, -0.2) is 50.6 Å². The number of aromatic nitrogens is 10. The summed E-state index contributed by atoms with van der Waals surface area (Å²) >= 11 is 0. The molecule has 0 saturated carbocycles. The Morgan fingerprint density at radius 2 is 1.86 bits per heavy atom. The van der Waals surface area contributed by atoms with Crippen LogP contribution in [0.4, 0.5) is 0 Å². The summed E-state index contributed by atoms with van der Waals surface area (Å²) in [5.74, 6) is 1.23. The first kappa shape index (κ1) is 12.6. The van der Waals surface area contributed by atoms with E-state index in [2.05, 4.69) is 58.5 Å². The highest BCUT2D eigenvalue weighted by atomic mass is 15.5. The molecular weight excluding hydrogens is 284 g/mol. The minimum absolute atomic E-state index is 0.488. The molecule has 0 amide bonds. The number of nitrogens with zero attached hydrogens (tertiary/aromatic N) is 8. The minimum Gasteiger partial charge on any atom is -0.306 e. The number of tetrazole rings is 2. The van der Waals surface area contributed by atoms with Crippen LogP contribution in [0.3, 0.4) is 0 Å². The Balaban J connectivity index is 1.50. The van der Waals surface area contributed by atoms with Gasteiger partial charge in [0.05, 0.1) is 0 Å². The second-order valence-electron chi connectivity index (χ2n) is 4.85.